The lowest BCUT2D eigenvalue weighted by Crippen LogP contribution is -2.36. The molecule has 2 atom stereocenters. The molecule has 0 spiro atoms. The summed E-state index contributed by atoms with van der Waals surface area (Å²) in [4.78, 5) is 15.9. The first kappa shape index (κ1) is 12.8. The van der Waals surface area contributed by atoms with Gasteiger partial charge in [-0.05, 0) is 25.1 Å². The third kappa shape index (κ3) is 2.42. The summed E-state index contributed by atoms with van der Waals surface area (Å²) in [6.07, 6.45) is 5.29. The topological polar surface area (TPSA) is 59.0 Å². The van der Waals surface area contributed by atoms with E-state index >= 15 is 0 Å². The summed E-state index contributed by atoms with van der Waals surface area (Å²) < 4.78 is 15.3. The monoisotopic (exact) mass is 274 g/mol. The molecule has 5 nitrogen and oxygen atoms in total. The molecular weight excluding hydrogens is 259 g/mol. The van der Waals surface area contributed by atoms with Crippen LogP contribution in [0.3, 0.4) is 0 Å². The Morgan fingerprint density at radius 3 is 3.15 bits per heavy atom. The third-order valence-corrected chi connectivity index (χ3v) is 3.34. The standard InChI is InChI=1S/C14H15FN4O/c1-9(7-19-5-4-16-8-19)17-13-11-6-10(15)2-3-12(11)18-14(13)20/h2-6,8-9,13,17H,7H2,1H3,(H,18,20). The maximum absolute atomic E-state index is 13.3. The summed E-state index contributed by atoms with van der Waals surface area (Å²) in [5.74, 6) is -0.489. The number of hydrogen-bond acceptors (Lipinski definition) is 3. The average Bonchev–Trinajstić information content (AvgIpc) is 3.00. The fourth-order valence-corrected chi connectivity index (χ4v) is 2.45. The maximum Gasteiger partial charge on any atom is 0.246 e. The summed E-state index contributed by atoms with van der Waals surface area (Å²) in [7, 11) is 0. The van der Waals surface area contributed by atoms with E-state index in [-0.39, 0.29) is 17.8 Å². The van der Waals surface area contributed by atoms with Gasteiger partial charge in [-0.3, -0.25) is 10.1 Å². The minimum absolute atomic E-state index is 0.0502. The van der Waals surface area contributed by atoms with Gasteiger partial charge in [0.15, 0.2) is 0 Å². The van der Waals surface area contributed by atoms with Crippen LogP contribution in [0.25, 0.3) is 0 Å². The van der Waals surface area contributed by atoms with Crippen molar-refractivity contribution >= 4 is 11.6 Å². The van der Waals surface area contributed by atoms with Gasteiger partial charge >= 0.3 is 0 Å². The van der Waals surface area contributed by atoms with Gasteiger partial charge in [0.2, 0.25) is 5.91 Å². The quantitative estimate of drug-likeness (QED) is 0.892. The number of amides is 1. The lowest BCUT2D eigenvalue weighted by atomic mass is 10.1. The zero-order valence-corrected chi connectivity index (χ0v) is 11.0. The number of aromatic nitrogens is 2. The van der Waals surface area contributed by atoms with Crippen LogP contribution in [0.1, 0.15) is 18.5 Å². The van der Waals surface area contributed by atoms with Crippen LogP contribution in [0.4, 0.5) is 10.1 Å². The van der Waals surface area contributed by atoms with E-state index in [0.29, 0.717) is 17.8 Å². The molecule has 2 unspecified atom stereocenters. The highest BCUT2D eigenvalue weighted by Crippen LogP contribution is 2.31. The second kappa shape index (κ2) is 5.05. The van der Waals surface area contributed by atoms with Gasteiger partial charge < -0.3 is 9.88 Å². The molecule has 0 radical (unpaired) electrons. The minimum Gasteiger partial charge on any atom is -0.336 e. The highest BCUT2D eigenvalue weighted by atomic mass is 19.1. The maximum atomic E-state index is 13.3. The molecule has 6 heteroatoms. The number of rotatable bonds is 4. The van der Waals surface area contributed by atoms with Crippen molar-refractivity contribution in [1.29, 1.82) is 0 Å². The van der Waals surface area contributed by atoms with Crippen LogP contribution in [-0.2, 0) is 11.3 Å². The SMILES string of the molecule is CC(Cn1ccnc1)NC1C(=O)Nc2ccc(F)cc21. The van der Waals surface area contributed by atoms with Gasteiger partial charge in [-0.25, -0.2) is 9.37 Å². The van der Waals surface area contributed by atoms with Crippen molar-refractivity contribution in [3.8, 4) is 0 Å². The predicted molar refractivity (Wildman–Crippen MR) is 72.6 cm³/mol. The highest BCUT2D eigenvalue weighted by molar-refractivity contribution is 6.02. The van der Waals surface area contributed by atoms with Crippen molar-refractivity contribution in [1.82, 2.24) is 14.9 Å². The van der Waals surface area contributed by atoms with Crippen molar-refractivity contribution in [2.24, 2.45) is 0 Å². The molecule has 20 heavy (non-hydrogen) atoms. The molecule has 2 N–H and O–H groups in total. The molecule has 0 fully saturated rings. The zero-order valence-electron chi connectivity index (χ0n) is 11.0. The number of carbonyl (C=O) groups is 1. The van der Waals surface area contributed by atoms with Crippen LogP contribution in [0, 0.1) is 5.82 Å². The third-order valence-electron chi connectivity index (χ3n) is 3.34. The minimum atomic E-state index is -0.515. The molecule has 1 amide bonds. The van der Waals surface area contributed by atoms with Crippen LogP contribution in [0.15, 0.2) is 36.9 Å². The summed E-state index contributed by atoms with van der Waals surface area (Å²) in [5.41, 5.74) is 1.33. The number of fused-ring (bicyclic) bond motifs is 1. The van der Waals surface area contributed by atoms with E-state index in [1.165, 1.54) is 12.1 Å². The Hall–Kier alpha value is -2.21. The molecule has 1 aromatic carbocycles. The largest absolute Gasteiger partial charge is 0.336 e. The fraction of sp³-hybridized carbons (Fsp3) is 0.286. The molecule has 1 aliphatic heterocycles. The van der Waals surface area contributed by atoms with Gasteiger partial charge in [0, 0.05) is 36.2 Å². The molecule has 104 valence electrons. The molecule has 1 aliphatic rings. The summed E-state index contributed by atoms with van der Waals surface area (Å²) in [6, 6.07) is 3.86. The molecule has 0 bridgehead atoms. The van der Waals surface area contributed by atoms with Gasteiger partial charge in [-0.15, -0.1) is 0 Å². The highest BCUT2D eigenvalue weighted by Gasteiger charge is 2.31. The van der Waals surface area contributed by atoms with Crippen LogP contribution in [0.2, 0.25) is 0 Å². The Morgan fingerprint density at radius 2 is 2.40 bits per heavy atom. The molecule has 2 aromatic rings. The lowest BCUT2D eigenvalue weighted by Gasteiger charge is -2.18. The molecule has 1 aromatic heterocycles. The number of anilines is 1. The number of benzene rings is 1. The van der Waals surface area contributed by atoms with Gasteiger partial charge in [-0.2, -0.15) is 0 Å². The van der Waals surface area contributed by atoms with Crippen molar-refractivity contribution < 1.29 is 9.18 Å². The van der Waals surface area contributed by atoms with Gasteiger partial charge in [-0.1, -0.05) is 0 Å². The van der Waals surface area contributed by atoms with Crippen molar-refractivity contribution in [3.63, 3.8) is 0 Å². The second-order valence-corrected chi connectivity index (χ2v) is 4.98. The molecular formula is C14H15FN4O. The van der Waals surface area contributed by atoms with Gasteiger partial charge in [0.25, 0.3) is 0 Å². The summed E-state index contributed by atoms with van der Waals surface area (Å²) in [5, 5.41) is 5.97. The first-order valence-electron chi connectivity index (χ1n) is 6.45. The van der Waals surface area contributed by atoms with Crippen LogP contribution >= 0.6 is 0 Å². The van der Waals surface area contributed by atoms with Gasteiger partial charge in [0.1, 0.15) is 11.9 Å². The predicted octanol–water partition coefficient (Wildman–Crippen LogP) is 1.69. The average molecular weight is 274 g/mol. The zero-order chi connectivity index (χ0) is 14.1. The van der Waals surface area contributed by atoms with Crippen molar-refractivity contribution in [3.05, 3.63) is 48.3 Å². The molecule has 0 saturated carbocycles. The van der Waals surface area contributed by atoms with E-state index in [9.17, 15) is 9.18 Å². The van der Waals surface area contributed by atoms with E-state index < -0.39 is 6.04 Å². The molecule has 3 rings (SSSR count). The summed E-state index contributed by atoms with van der Waals surface area (Å²) in [6.45, 7) is 2.67. The number of hydrogen-bond donors (Lipinski definition) is 2. The first-order chi connectivity index (χ1) is 9.63. The number of imidazole rings is 1. The van der Waals surface area contributed by atoms with Crippen molar-refractivity contribution in [2.75, 3.05) is 5.32 Å². The van der Waals surface area contributed by atoms with E-state index in [1.807, 2.05) is 17.7 Å². The number of nitrogens with zero attached hydrogens (tertiary/aromatic N) is 2. The fourth-order valence-electron chi connectivity index (χ4n) is 2.45. The lowest BCUT2D eigenvalue weighted by molar-refractivity contribution is -0.117. The molecule has 2 heterocycles. The van der Waals surface area contributed by atoms with Crippen molar-refractivity contribution in [2.45, 2.75) is 25.6 Å². The van der Waals surface area contributed by atoms with E-state index in [2.05, 4.69) is 15.6 Å². The smallest absolute Gasteiger partial charge is 0.246 e. The van der Waals surface area contributed by atoms with Crippen LogP contribution in [-0.4, -0.2) is 21.5 Å². The van der Waals surface area contributed by atoms with Crippen LogP contribution < -0.4 is 10.6 Å². The second-order valence-electron chi connectivity index (χ2n) is 4.98. The Kier molecular flexibility index (Phi) is 3.23. The number of carbonyl (C=O) groups excluding carboxylic acids is 1. The summed E-state index contributed by atoms with van der Waals surface area (Å²) >= 11 is 0. The van der Waals surface area contributed by atoms with Crippen LogP contribution in [0.5, 0.6) is 0 Å². The Balaban J connectivity index is 1.74. The van der Waals surface area contributed by atoms with E-state index in [4.69, 9.17) is 0 Å². The van der Waals surface area contributed by atoms with Gasteiger partial charge in [0.05, 0.1) is 6.33 Å². The van der Waals surface area contributed by atoms with E-state index in [0.717, 1.165) is 0 Å². The number of halogens is 1. The Bertz CT molecular complexity index is 626. The normalized spacial score (nSPS) is 18.7. The van der Waals surface area contributed by atoms with E-state index in [1.54, 1.807) is 18.6 Å². The molecule has 0 aliphatic carbocycles. The Labute approximate surface area is 115 Å². The Morgan fingerprint density at radius 1 is 1.55 bits per heavy atom. The number of nitrogens with one attached hydrogen (secondary N) is 2. The first-order valence-corrected chi connectivity index (χ1v) is 6.45. The molecule has 0 saturated heterocycles.